The largest absolute Gasteiger partial charge is 0.306 e. The van der Waals surface area contributed by atoms with Crippen LogP contribution in [0.25, 0.3) is 0 Å². The van der Waals surface area contributed by atoms with Crippen LogP contribution in [0.4, 0.5) is 0 Å². The van der Waals surface area contributed by atoms with Gasteiger partial charge in [0.25, 0.3) is 0 Å². The van der Waals surface area contributed by atoms with E-state index in [4.69, 9.17) is 11.6 Å². The number of nitrogens with zero attached hydrogens (tertiary/aromatic N) is 2. The highest BCUT2D eigenvalue weighted by molar-refractivity contribution is 9.10. The molecule has 1 aromatic heterocycles. The molecular formula is C10H10BrClN4. The van der Waals surface area contributed by atoms with Gasteiger partial charge in [0.2, 0.25) is 0 Å². The molecule has 2 aromatic rings. The monoisotopic (exact) mass is 300 g/mol. The molecule has 16 heavy (non-hydrogen) atoms. The highest BCUT2D eigenvalue weighted by Gasteiger charge is 2.01. The second kappa shape index (κ2) is 5.43. The molecule has 0 aliphatic rings. The van der Waals surface area contributed by atoms with E-state index in [0.717, 1.165) is 27.4 Å². The lowest BCUT2D eigenvalue weighted by Crippen LogP contribution is -2.14. The van der Waals surface area contributed by atoms with E-state index in [0.29, 0.717) is 6.54 Å². The maximum Gasteiger partial charge on any atom is 0.138 e. The molecule has 0 fully saturated rings. The SMILES string of the molecule is Clc1ccc(CNCc2ncn[nH]2)c(Br)c1. The van der Waals surface area contributed by atoms with Gasteiger partial charge in [-0.15, -0.1) is 0 Å². The second-order valence-corrected chi connectivity index (χ2v) is 4.56. The van der Waals surface area contributed by atoms with Gasteiger partial charge in [0.15, 0.2) is 0 Å². The second-order valence-electron chi connectivity index (χ2n) is 3.27. The summed E-state index contributed by atoms with van der Waals surface area (Å²) in [6.45, 7) is 1.41. The van der Waals surface area contributed by atoms with Crippen molar-refractivity contribution in [3.63, 3.8) is 0 Å². The lowest BCUT2D eigenvalue weighted by atomic mass is 10.2. The first kappa shape index (κ1) is 11.6. The molecule has 0 unspecified atom stereocenters. The summed E-state index contributed by atoms with van der Waals surface area (Å²) in [5.41, 5.74) is 1.16. The van der Waals surface area contributed by atoms with E-state index < -0.39 is 0 Å². The predicted molar refractivity (Wildman–Crippen MR) is 66.1 cm³/mol. The molecule has 0 aliphatic carbocycles. The van der Waals surface area contributed by atoms with Crippen LogP contribution >= 0.6 is 27.5 Å². The molecule has 4 nitrogen and oxygen atoms in total. The third kappa shape index (κ3) is 3.04. The molecule has 0 saturated carbocycles. The molecule has 0 spiro atoms. The van der Waals surface area contributed by atoms with Crippen molar-refractivity contribution < 1.29 is 0 Å². The number of H-pyrrole nitrogens is 1. The highest BCUT2D eigenvalue weighted by Crippen LogP contribution is 2.21. The predicted octanol–water partition coefficient (Wildman–Crippen LogP) is 2.51. The first-order valence-electron chi connectivity index (χ1n) is 4.74. The van der Waals surface area contributed by atoms with Gasteiger partial charge in [0, 0.05) is 16.0 Å². The standard InChI is InChI=1S/C10H10BrClN4/c11-9-3-8(12)2-1-7(9)4-13-5-10-14-6-15-16-10/h1-3,6,13H,4-5H2,(H,14,15,16). The minimum atomic E-state index is 0.662. The molecule has 1 aromatic carbocycles. The molecule has 2 N–H and O–H groups in total. The Kier molecular flexibility index (Phi) is 3.93. The smallest absolute Gasteiger partial charge is 0.138 e. The summed E-state index contributed by atoms with van der Waals surface area (Å²) in [6.07, 6.45) is 1.50. The normalized spacial score (nSPS) is 10.6. The molecular weight excluding hydrogens is 291 g/mol. The number of benzene rings is 1. The third-order valence-corrected chi connectivity index (χ3v) is 3.06. The van der Waals surface area contributed by atoms with Crippen LogP contribution < -0.4 is 5.32 Å². The highest BCUT2D eigenvalue weighted by atomic mass is 79.9. The zero-order valence-electron chi connectivity index (χ0n) is 8.37. The van der Waals surface area contributed by atoms with Crippen LogP contribution in [0.1, 0.15) is 11.4 Å². The first-order chi connectivity index (χ1) is 7.75. The van der Waals surface area contributed by atoms with Crippen molar-refractivity contribution in [1.82, 2.24) is 20.5 Å². The third-order valence-electron chi connectivity index (χ3n) is 2.09. The molecule has 6 heteroatoms. The Morgan fingerprint density at radius 2 is 2.25 bits per heavy atom. The van der Waals surface area contributed by atoms with E-state index in [9.17, 15) is 0 Å². The number of aromatic amines is 1. The Morgan fingerprint density at radius 3 is 2.94 bits per heavy atom. The Hall–Kier alpha value is -0.910. The van der Waals surface area contributed by atoms with Gasteiger partial charge in [-0.1, -0.05) is 33.6 Å². The van der Waals surface area contributed by atoms with Crippen LogP contribution in [0.5, 0.6) is 0 Å². The van der Waals surface area contributed by atoms with Crippen molar-refractivity contribution in [3.05, 3.63) is 45.4 Å². The minimum absolute atomic E-state index is 0.662. The van der Waals surface area contributed by atoms with Crippen molar-refractivity contribution in [1.29, 1.82) is 0 Å². The summed E-state index contributed by atoms with van der Waals surface area (Å²) < 4.78 is 1.00. The molecule has 0 amide bonds. The van der Waals surface area contributed by atoms with Crippen LogP contribution in [0.3, 0.4) is 0 Å². The lowest BCUT2D eigenvalue weighted by Gasteiger charge is -2.05. The van der Waals surface area contributed by atoms with Gasteiger partial charge < -0.3 is 5.32 Å². The summed E-state index contributed by atoms with van der Waals surface area (Å²) in [4.78, 5) is 4.02. The molecule has 0 atom stereocenters. The summed E-state index contributed by atoms with van der Waals surface area (Å²) in [6, 6.07) is 5.74. The molecule has 1 heterocycles. The van der Waals surface area contributed by atoms with Crippen molar-refractivity contribution in [2.24, 2.45) is 0 Å². The van der Waals surface area contributed by atoms with Crippen molar-refractivity contribution in [2.45, 2.75) is 13.1 Å². The molecule has 0 saturated heterocycles. The maximum atomic E-state index is 5.86. The summed E-state index contributed by atoms with van der Waals surface area (Å²) >= 11 is 9.32. The van der Waals surface area contributed by atoms with E-state index in [1.807, 2.05) is 18.2 Å². The van der Waals surface area contributed by atoms with Gasteiger partial charge in [-0.3, -0.25) is 5.10 Å². The fraction of sp³-hybridized carbons (Fsp3) is 0.200. The number of halogens is 2. The zero-order valence-corrected chi connectivity index (χ0v) is 10.7. The molecule has 84 valence electrons. The fourth-order valence-electron chi connectivity index (χ4n) is 1.30. The lowest BCUT2D eigenvalue weighted by molar-refractivity contribution is 0.663. The van der Waals surface area contributed by atoms with E-state index >= 15 is 0 Å². The zero-order chi connectivity index (χ0) is 11.4. The Morgan fingerprint density at radius 1 is 1.38 bits per heavy atom. The average Bonchev–Trinajstić information content (AvgIpc) is 2.74. The van der Waals surface area contributed by atoms with E-state index in [1.165, 1.54) is 6.33 Å². The number of hydrogen-bond donors (Lipinski definition) is 2. The van der Waals surface area contributed by atoms with Crippen LogP contribution in [0.2, 0.25) is 5.02 Å². The van der Waals surface area contributed by atoms with E-state index in [-0.39, 0.29) is 0 Å². The van der Waals surface area contributed by atoms with E-state index in [1.54, 1.807) is 0 Å². The Bertz CT molecular complexity index is 458. The summed E-state index contributed by atoms with van der Waals surface area (Å²) in [5, 5.41) is 10.6. The number of nitrogens with one attached hydrogen (secondary N) is 2. The first-order valence-corrected chi connectivity index (χ1v) is 5.91. The molecule has 0 aliphatic heterocycles. The summed E-state index contributed by atoms with van der Waals surface area (Å²) in [5.74, 6) is 0.824. The summed E-state index contributed by atoms with van der Waals surface area (Å²) in [7, 11) is 0. The van der Waals surface area contributed by atoms with Gasteiger partial charge in [0.05, 0.1) is 6.54 Å². The molecule has 2 rings (SSSR count). The van der Waals surface area contributed by atoms with Gasteiger partial charge in [-0.2, -0.15) is 5.10 Å². The van der Waals surface area contributed by atoms with Gasteiger partial charge in [-0.05, 0) is 17.7 Å². The van der Waals surface area contributed by atoms with Crippen LogP contribution in [-0.2, 0) is 13.1 Å². The van der Waals surface area contributed by atoms with Crippen molar-refractivity contribution in [2.75, 3.05) is 0 Å². The maximum absolute atomic E-state index is 5.86. The van der Waals surface area contributed by atoms with Crippen LogP contribution in [0.15, 0.2) is 29.0 Å². The van der Waals surface area contributed by atoms with Crippen LogP contribution in [0, 0.1) is 0 Å². The topological polar surface area (TPSA) is 53.6 Å². The van der Waals surface area contributed by atoms with Gasteiger partial charge in [-0.25, -0.2) is 4.98 Å². The number of rotatable bonds is 4. The van der Waals surface area contributed by atoms with E-state index in [2.05, 4.69) is 36.4 Å². The quantitative estimate of drug-likeness (QED) is 0.912. The Balaban J connectivity index is 1.90. The number of hydrogen-bond acceptors (Lipinski definition) is 3. The minimum Gasteiger partial charge on any atom is -0.306 e. The average molecular weight is 302 g/mol. The van der Waals surface area contributed by atoms with Gasteiger partial charge >= 0.3 is 0 Å². The van der Waals surface area contributed by atoms with Crippen molar-refractivity contribution >= 4 is 27.5 Å². The van der Waals surface area contributed by atoms with Gasteiger partial charge in [0.1, 0.15) is 12.2 Å². The molecule has 0 radical (unpaired) electrons. The van der Waals surface area contributed by atoms with Crippen molar-refractivity contribution in [3.8, 4) is 0 Å². The Labute approximate surface area is 107 Å². The number of aromatic nitrogens is 3. The molecule has 0 bridgehead atoms. The van der Waals surface area contributed by atoms with Crippen LogP contribution in [-0.4, -0.2) is 15.2 Å². The fourth-order valence-corrected chi connectivity index (χ4v) is 2.12.